The molecule has 1 aromatic heterocycles. The quantitative estimate of drug-likeness (QED) is 0.866. The average Bonchev–Trinajstić information content (AvgIpc) is 2.75. The Morgan fingerprint density at radius 2 is 1.89 bits per heavy atom. The normalized spacial score (nSPS) is 10.2. The van der Waals surface area contributed by atoms with E-state index in [2.05, 4.69) is 5.32 Å². The molecule has 0 radical (unpaired) electrons. The van der Waals surface area contributed by atoms with Gasteiger partial charge in [-0.25, -0.2) is 0 Å². The molecular formula is C14H15N3O2. The van der Waals surface area contributed by atoms with Gasteiger partial charge in [-0.15, -0.1) is 0 Å². The second kappa shape index (κ2) is 5.39. The smallest absolute Gasteiger partial charge is 0.248 e. The van der Waals surface area contributed by atoms with Gasteiger partial charge in [0.1, 0.15) is 0 Å². The van der Waals surface area contributed by atoms with Gasteiger partial charge in [0.05, 0.1) is 6.42 Å². The summed E-state index contributed by atoms with van der Waals surface area (Å²) in [6.07, 6.45) is 4.11. The lowest BCUT2D eigenvalue weighted by molar-refractivity contribution is -0.115. The summed E-state index contributed by atoms with van der Waals surface area (Å²) in [6, 6.07) is 8.38. The van der Waals surface area contributed by atoms with E-state index in [0.29, 0.717) is 17.7 Å². The number of hydrogen-bond acceptors (Lipinski definition) is 2. The maximum Gasteiger partial charge on any atom is 0.248 e. The molecular weight excluding hydrogens is 242 g/mol. The van der Waals surface area contributed by atoms with E-state index in [1.807, 2.05) is 30.1 Å². The minimum absolute atomic E-state index is 0.0991. The van der Waals surface area contributed by atoms with Crippen LogP contribution in [0.15, 0.2) is 42.7 Å². The molecule has 1 aromatic carbocycles. The van der Waals surface area contributed by atoms with Crippen LogP contribution in [0, 0.1) is 0 Å². The van der Waals surface area contributed by atoms with Gasteiger partial charge in [-0.1, -0.05) is 0 Å². The minimum Gasteiger partial charge on any atom is -0.366 e. The van der Waals surface area contributed by atoms with Gasteiger partial charge in [0.25, 0.3) is 0 Å². The molecule has 0 aliphatic heterocycles. The largest absolute Gasteiger partial charge is 0.366 e. The van der Waals surface area contributed by atoms with E-state index in [1.54, 1.807) is 24.3 Å². The third kappa shape index (κ3) is 3.45. The van der Waals surface area contributed by atoms with Gasteiger partial charge in [-0.2, -0.15) is 0 Å². The molecule has 5 heteroatoms. The summed E-state index contributed by atoms with van der Waals surface area (Å²) < 4.78 is 1.89. The standard InChI is InChI=1S/C14H15N3O2/c1-17-7-6-10(9-17)8-13(18)16-12-4-2-11(3-5-12)14(15)19/h2-7,9H,8H2,1H3,(H2,15,19)(H,16,18). The first-order valence-electron chi connectivity index (χ1n) is 5.85. The molecule has 0 saturated carbocycles. The third-order valence-electron chi connectivity index (χ3n) is 2.71. The van der Waals surface area contributed by atoms with Crippen LogP contribution in [0.4, 0.5) is 5.69 Å². The Morgan fingerprint density at radius 3 is 2.42 bits per heavy atom. The van der Waals surface area contributed by atoms with Crippen LogP contribution < -0.4 is 11.1 Å². The first-order chi connectivity index (χ1) is 9.04. The summed E-state index contributed by atoms with van der Waals surface area (Å²) in [7, 11) is 1.91. The van der Waals surface area contributed by atoms with Gasteiger partial charge in [-0.05, 0) is 35.9 Å². The predicted molar refractivity (Wildman–Crippen MR) is 72.7 cm³/mol. The average molecular weight is 257 g/mol. The highest BCUT2D eigenvalue weighted by atomic mass is 16.1. The number of aromatic nitrogens is 1. The molecule has 0 aliphatic carbocycles. The van der Waals surface area contributed by atoms with E-state index in [9.17, 15) is 9.59 Å². The SMILES string of the molecule is Cn1ccc(CC(=O)Nc2ccc(C(N)=O)cc2)c1. The van der Waals surface area contributed by atoms with Crippen LogP contribution in [0.5, 0.6) is 0 Å². The number of nitrogens with two attached hydrogens (primary N) is 1. The maximum atomic E-state index is 11.8. The number of benzene rings is 1. The van der Waals surface area contributed by atoms with Gasteiger partial charge in [0.15, 0.2) is 0 Å². The van der Waals surface area contributed by atoms with Crippen LogP contribution in [0.3, 0.4) is 0 Å². The molecule has 0 spiro atoms. The molecule has 0 aliphatic rings. The third-order valence-corrected chi connectivity index (χ3v) is 2.71. The molecule has 1 heterocycles. The summed E-state index contributed by atoms with van der Waals surface area (Å²) in [5, 5.41) is 2.77. The van der Waals surface area contributed by atoms with Crippen LogP contribution in [0.25, 0.3) is 0 Å². The highest BCUT2D eigenvalue weighted by Gasteiger charge is 2.06. The summed E-state index contributed by atoms with van der Waals surface area (Å²) in [5.41, 5.74) is 7.16. The van der Waals surface area contributed by atoms with Crippen LogP contribution in [0.2, 0.25) is 0 Å². The van der Waals surface area contributed by atoms with Gasteiger partial charge in [-0.3, -0.25) is 9.59 Å². The number of hydrogen-bond donors (Lipinski definition) is 2. The molecule has 98 valence electrons. The van der Waals surface area contributed by atoms with Crippen molar-refractivity contribution in [3.63, 3.8) is 0 Å². The number of aryl methyl sites for hydroxylation is 1. The Bertz CT molecular complexity index is 599. The highest BCUT2D eigenvalue weighted by Crippen LogP contribution is 2.10. The molecule has 0 bridgehead atoms. The predicted octanol–water partition coefficient (Wildman–Crippen LogP) is 1.31. The minimum atomic E-state index is -0.484. The summed E-state index contributed by atoms with van der Waals surface area (Å²) in [6.45, 7) is 0. The molecule has 0 saturated heterocycles. The number of nitrogens with zero attached hydrogens (tertiary/aromatic N) is 1. The van der Waals surface area contributed by atoms with Crippen molar-refractivity contribution >= 4 is 17.5 Å². The van der Waals surface area contributed by atoms with E-state index in [-0.39, 0.29) is 5.91 Å². The highest BCUT2D eigenvalue weighted by molar-refractivity contribution is 5.95. The Labute approximate surface area is 111 Å². The van der Waals surface area contributed by atoms with E-state index >= 15 is 0 Å². The van der Waals surface area contributed by atoms with Crippen LogP contribution in [-0.4, -0.2) is 16.4 Å². The zero-order chi connectivity index (χ0) is 13.8. The van der Waals surface area contributed by atoms with Crippen molar-refractivity contribution in [1.82, 2.24) is 4.57 Å². The van der Waals surface area contributed by atoms with Gasteiger partial charge in [0.2, 0.25) is 11.8 Å². The molecule has 2 rings (SSSR count). The van der Waals surface area contributed by atoms with Crippen molar-refractivity contribution in [3.05, 3.63) is 53.9 Å². The van der Waals surface area contributed by atoms with Crippen LogP contribution in [0.1, 0.15) is 15.9 Å². The first kappa shape index (κ1) is 12.9. The summed E-state index contributed by atoms with van der Waals surface area (Å²) >= 11 is 0. The fourth-order valence-electron chi connectivity index (χ4n) is 1.77. The van der Waals surface area contributed by atoms with Crippen molar-refractivity contribution in [2.24, 2.45) is 12.8 Å². The summed E-state index contributed by atoms with van der Waals surface area (Å²) in [5.74, 6) is -0.583. The van der Waals surface area contributed by atoms with E-state index in [0.717, 1.165) is 5.56 Å². The molecule has 0 atom stereocenters. The van der Waals surface area contributed by atoms with Crippen molar-refractivity contribution in [2.75, 3.05) is 5.32 Å². The Balaban J connectivity index is 1.97. The molecule has 19 heavy (non-hydrogen) atoms. The van der Waals surface area contributed by atoms with Crippen molar-refractivity contribution in [2.45, 2.75) is 6.42 Å². The lowest BCUT2D eigenvalue weighted by Crippen LogP contribution is -2.15. The van der Waals surface area contributed by atoms with Crippen LogP contribution in [-0.2, 0) is 18.3 Å². The molecule has 0 fully saturated rings. The van der Waals surface area contributed by atoms with E-state index in [4.69, 9.17) is 5.73 Å². The van der Waals surface area contributed by atoms with E-state index in [1.165, 1.54) is 0 Å². The van der Waals surface area contributed by atoms with Crippen molar-refractivity contribution < 1.29 is 9.59 Å². The van der Waals surface area contributed by atoms with Gasteiger partial charge in [0, 0.05) is 30.7 Å². The first-order valence-corrected chi connectivity index (χ1v) is 5.85. The number of amides is 2. The van der Waals surface area contributed by atoms with Crippen LogP contribution >= 0.6 is 0 Å². The molecule has 2 amide bonds. The van der Waals surface area contributed by atoms with Crippen molar-refractivity contribution in [3.8, 4) is 0 Å². The number of nitrogens with one attached hydrogen (secondary N) is 1. The van der Waals surface area contributed by atoms with Crippen molar-refractivity contribution in [1.29, 1.82) is 0 Å². The lowest BCUT2D eigenvalue weighted by atomic mass is 10.2. The zero-order valence-electron chi connectivity index (χ0n) is 10.6. The van der Waals surface area contributed by atoms with Gasteiger partial charge < -0.3 is 15.6 Å². The Kier molecular flexibility index (Phi) is 3.66. The second-order valence-corrected chi connectivity index (χ2v) is 4.35. The second-order valence-electron chi connectivity index (χ2n) is 4.35. The monoisotopic (exact) mass is 257 g/mol. The molecule has 0 unspecified atom stereocenters. The topological polar surface area (TPSA) is 77.1 Å². The van der Waals surface area contributed by atoms with Gasteiger partial charge >= 0.3 is 0 Å². The number of anilines is 1. The Morgan fingerprint density at radius 1 is 1.21 bits per heavy atom. The van der Waals surface area contributed by atoms with E-state index < -0.39 is 5.91 Å². The fourth-order valence-corrected chi connectivity index (χ4v) is 1.77. The molecule has 3 N–H and O–H groups in total. The summed E-state index contributed by atoms with van der Waals surface area (Å²) in [4.78, 5) is 22.7. The Hall–Kier alpha value is -2.56. The number of primary amides is 1. The number of rotatable bonds is 4. The zero-order valence-corrected chi connectivity index (χ0v) is 10.6. The maximum absolute atomic E-state index is 11.8. The number of carbonyl (C=O) groups is 2. The molecule has 2 aromatic rings. The lowest BCUT2D eigenvalue weighted by Gasteiger charge is -2.04. The fraction of sp³-hybridized carbons (Fsp3) is 0.143. The molecule has 5 nitrogen and oxygen atoms in total. The number of carbonyl (C=O) groups excluding carboxylic acids is 2.